The molecule has 0 fully saturated rings. The van der Waals surface area contributed by atoms with Gasteiger partial charge in [-0.05, 0) is 55.5 Å². The van der Waals surface area contributed by atoms with Crippen LogP contribution in [0, 0.1) is 6.92 Å². The third-order valence-corrected chi connectivity index (χ3v) is 7.55. The Morgan fingerprint density at radius 2 is 1.61 bits per heavy atom. The summed E-state index contributed by atoms with van der Waals surface area (Å²) in [7, 11) is -4.04. The molecule has 0 saturated carbocycles. The molecule has 0 radical (unpaired) electrons. The van der Waals surface area contributed by atoms with Gasteiger partial charge in [0.2, 0.25) is 0 Å². The molecule has 0 aliphatic heterocycles. The molecular formula is C25H21Cl2N5O3S. The molecule has 0 aliphatic rings. The summed E-state index contributed by atoms with van der Waals surface area (Å²) in [5, 5.41) is 8.95. The first-order chi connectivity index (χ1) is 17.3. The molecule has 1 N–H and O–H groups in total. The molecule has 3 aromatic carbocycles. The zero-order valence-corrected chi connectivity index (χ0v) is 21.4. The molecule has 0 saturated heterocycles. The second-order valence-corrected chi connectivity index (χ2v) is 10.3. The maximum atomic E-state index is 13.3. The van der Waals surface area contributed by atoms with Crippen LogP contribution < -0.4 is 9.73 Å². The van der Waals surface area contributed by atoms with E-state index in [1.165, 1.54) is 30.5 Å². The maximum absolute atomic E-state index is 13.3. The van der Waals surface area contributed by atoms with Crippen LogP contribution in [-0.4, -0.2) is 36.9 Å². The van der Waals surface area contributed by atoms with Crippen LogP contribution >= 0.6 is 23.2 Å². The Bertz CT molecular complexity index is 1490. The highest BCUT2D eigenvalue weighted by atomic mass is 35.5. The SMILES string of the molecule is Cc1c(/C=N\NC(=O)CN(c2ccc(Cl)cc2)S(=O)(=O)c2ccccc2)c(Cl)nn1-c1ccccc1. The number of amides is 1. The number of hydrogen-bond donors (Lipinski definition) is 1. The lowest BCUT2D eigenvalue weighted by atomic mass is 10.2. The fourth-order valence-corrected chi connectivity index (χ4v) is 5.25. The molecule has 0 atom stereocenters. The van der Waals surface area contributed by atoms with E-state index in [-0.39, 0.29) is 15.7 Å². The lowest BCUT2D eigenvalue weighted by Crippen LogP contribution is -2.39. The summed E-state index contributed by atoms with van der Waals surface area (Å²) < 4.78 is 29.3. The Kier molecular flexibility index (Phi) is 7.73. The highest BCUT2D eigenvalue weighted by Crippen LogP contribution is 2.25. The van der Waals surface area contributed by atoms with Crippen LogP contribution in [0.15, 0.2) is 94.9 Å². The van der Waals surface area contributed by atoms with Gasteiger partial charge >= 0.3 is 0 Å². The van der Waals surface area contributed by atoms with Crippen LogP contribution in [-0.2, 0) is 14.8 Å². The van der Waals surface area contributed by atoms with Crippen LogP contribution in [0.5, 0.6) is 0 Å². The van der Waals surface area contributed by atoms with E-state index in [4.69, 9.17) is 23.2 Å². The predicted molar refractivity (Wildman–Crippen MR) is 141 cm³/mol. The number of nitrogens with one attached hydrogen (secondary N) is 1. The number of aromatic nitrogens is 2. The average molecular weight is 542 g/mol. The Hall–Kier alpha value is -3.66. The molecule has 0 bridgehead atoms. The number of benzene rings is 3. The van der Waals surface area contributed by atoms with Crippen LogP contribution in [0.4, 0.5) is 5.69 Å². The number of para-hydroxylation sites is 1. The van der Waals surface area contributed by atoms with Crippen molar-refractivity contribution in [2.75, 3.05) is 10.8 Å². The molecule has 0 aliphatic carbocycles. The van der Waals surface area contributed by atoms with Crippen LogP contribution in [0.3, 0.4) is 0 Å². The molecule has 184 valence electrons. The van der Waals surface area contributed by atoms with Gasteiger partial charge < -0.3 is 0 Å². The zero-order valence-electron chi connectivity index (χ0n) is 19.0. The van der Waals surface area contributed by atoms with E-state index in [9.17, 15) is 13.2 Å². The number of nitrogens with zero attached hydrogens (tertiary/aromatic N) is 4. The van der Waals surface area contributed by atoms with E-state index >= 15 is 0 Å². The van der Waals surface area contributed by atoms with Crippen molar-refractivity contribution in [1.82, 2.24) is 15.2 Å². The standard InChI is InChI=1S/C25H21Cl2N5O3S/c1-18-23(25(27)30-32(18)21-8-4-2-5-9-21)16-28-29-24(33)17-31(20-14-12-19(26)13-15-20)36(34,35)22-10-6-3-7-11-22/h2-16H,17H2,1H3,(H,29,33)/b28-16-. The lowest BCUT2D eigenvalue weighted by Gasteiger charge is -2.23. The summed E-state index contributed by atoms with van der Waals surface area (Å²) in [5.74, 6) is -0.648. The minimum Gasteiger partial charge on any atom is -0.271 e. The minimum atomic E-state index is -4.04. The van der Waals surface area contributed by atoms with E-state index in [1.807, 2.05) is 37.3 Å². The normalized spacial score (nSPS) is 11.5. The second-order valence-electron chi connectivity index (χ2n) is 7.63. The Labute approximate surface area is 218 Å². The molecule has 11 heteroatoms. The van der Waals surface area contributed by atoms with E-state index in [0.717, 1.165) is 15.7 Å². The molecule has 1 amide bonds. The van der Waals surface area contributed by atoms with Crippen molar-refractivity contribution in [3.05, 3.63) is 106 Å². The highest BCUT2D eigenvalue weighted by molar-refractivity contribution is 7.92. The topological polar surface area (TPSA) is 96.7 Å². The van der Waals surface area contributed by atoms with Gasteiger partial charge in [-0.15, -0.1) is 0 Å². The Morgan fingerprint density at radius 3 is 2.25 bits per heavy atom. The summed E-state index contributed by atoms with van der Waals surface area (Å²) in [6.07, 6.45) is 1.38. The molecule has 0 unspecified atom stereocenters. The zero-order chi connectivity index (χ0) is 25.7. The maximum Gasteiger partial charge on any atom is 0.264 e. The number of anilines is 1. The van der Waals surface area contributed by atoms with Crippen molar-refractivity contribution in [2.45, 2.75) is 11.8 Å². The third kappa shape index (κ3) is 5.59. The van der Waals surface area contributed by atoms with Crippen molar-refractivity contribution in [3.63, 3.8) is 0 Å². The summed E-state index contributed by atoms with van der Waals surface area (Å²) in [6.45, 7) is 1.32. The third-order valence-electron chi connectivity index (χ3n) is 5.23. The second kappa shape index (κ2) is 10.9. The number of carbonyl (C=O) groups excluding carboxylic acids is 1. The summed E-state index contributed by atoms with van der Waals surface area (Å²) in [4.78, 5) is 12.8. The van der Waals surface area contributed by atoms with Crippen LogP contribution in [0.1, 0.15) is 11.3 Å². The molecule has 1 heterocycles. The van der Waals surface area contributed by atoms with Gasteiger partial charge in [0.1, 0.15) is 6.54 Å². The summed E-state index contributed by atoms with van der Waals surface area (Å²) in [6, 6.07) is 23.4. The highest BCUT2D eigenvalue weighted by Gasteiger charge is 2.27. The predicted octanol–water partition coefficient (Wildman–Crippen LogP) is 4.83. The number of sulfonamides is 1. The Morgan fingerprint density at radius 1 is 1.00 bits per heavy atom. The van der Waals surface area contributed by atoms with Gasteiger partial charge in [0, 0.05) is 5.02 Å². The first-order valence-electron chi connectivity index (χ1n) is 10.7. The fourth-order valence-electron chi connectivity index (χ4n) is 3.42. The smallest absolute Gasteiger partial charge is 0.264 e. The van der Waals surface area contributed by atoms with Gasteiger partial charge in [0.25, 0.3) is 15.9 Å². The summed E-state index contributed by atoms with van der Waals surface area (Å²) >= 11 is 12.2. The first kappa shape index (κ1) is 25.4. The molecule has 4 rings (SSSR count). The van der Waals surface area contributed by atoms with Crippen LogP contribution in [0.25, 0.3) is 5.69 Å². The summed E-state index contributed by atoms with van der Waals surface area (Å²) in [5.41, 5.74) is 4.72. The van der Waals surface area contributed by atoms with Crippen molar-refractivity contribution >= 4 is 51.0 Å². The van der Waals surface area contributed by atoms with Gasteiger partial charge in [-0.3, -0.25) is 9.10 Å². The monoisotopic (exact) mass is 541 g/mol. The molecule has 8 nitrogen and oxygen atoms in total. The van der Waals surface area contributed by atoms with E-state index < -0.39 is 22.5 Å². The minimum absolute atomic E-state index is 0.0481. The molecule has 36 heavy (non-hydrogen) atoms. The quantitative estimate of drug-likeness (QED) is 0.255. The molecule has 0 spiro atoms. The van der Waals surface area contributed by atoms with Crippen LogP contribution in [0.2, 0.25) is 10.2 Å². The molecule has 4 aromatic rings. The van der Waals surface area contributed by atoms with Gasteiger partial charge in [0.15, 0.2) is 5.15 Å². The number of rotatable bonds is 8. The average Bonchev–Trinajstić information content (AvgIpc) is 3.17. The number of carbonyl (C=O) groups is 1. The van der Waals surface area contributed by atoms with Crippen molar-refractivity contribution < 1.29 is 13.2 Å². The van der Waals surface area contributed by atoms with Crippen molar-refractivity contribution in [2.24, 2.45) is 5.10 Å². The van der Waals surface area contributed by atoms with Crippen molar-refractivity contribution in [3.8, 4) is 5.69 Å². The van der Waals surface area contributed by atoms with Gasteiger partial charge in [-0.2, -0.15) is 10.2 Å². The molecular weight excluding hydrogens is 521 g/mol. The van der Waals surface area contributed by atoms with Gasteiger partial charge in [-0.25, -0.2) is 18.5 Å². The molecule has 1 aromatic heterocycles. The fraction of sp³-hybridized carbons (Fsp3) is 0.0800. The lowest BCUT2D eigenvalue weighted by molar-refractivity contribution is -0.119. The van der Waals surface area contributed by atoms with Gasteiger partial charge in [0.05, 0.1) is 33.7 Å². The number of halogens is 2. The number of hydrazone groups is 1. The first-order valence-corrected chi connectivity index (χ1v) is 12.9. The van der Waals surface area contributed by atoms with E-state index in [2.05, 4.69) is 15.6 Å². The van der Waals surface area contributed by atoms with Crippen molar-refractivity contribution in [1.29, 1.82) is 0 Å². The largest absolute Gasteiger partial charge is 0.271 e. The van der Waals surface area contributed by atoms with E-state index in [1.54, 1.807) is 35.0 Å². The van der Waals surface area contributed by atoms with E-state index in [0.29, 0.717) is 10.6 Å². The number of hydrogen-bond acceptors (Lipinski definition) is 5. The Balaban J connectivity index is 1.54. The van der Waals surface area contributed by atoms with Gasteiger partial charge in [-0.1, -0.05) is 59.6 Å².